The lowest BCUT2D eigenvalue weighted by atomic mass is 9.87. The molecule has 1 aliphatic rings. The lowest BCUT2D eigenvalue weighted by Crippen LogP contribution is -2.24. The Morgan fingerprint density at radius 2 is 2.00 bits per heavy atom. The van der Waals surface area contributed by atoms with Crippen molar-refractivity contribution in [3.63, 3.8) is 0 Å². The van der Waals surface area contributed by atoms with Crippen molar-refractivity contribution in [3.8, 4) is 11.5 Å². The monoisotopic (exact) mass is 343 g/mol. The van der Waals surface area contributed by atoms with Gasteiger partial charge < -0.3 is 9.73 Å². The Kier molecular flexibility index (Phi) is 3.83. The number of para-hydroxylation sites is 1. The van der Waals surface area contributed by atoms with Gasteiger partial charge in [0.2, 0.25) is 0 Å². The highest BCUT2D eigenvalue weighted by molar-refractivity contribution is 5.82. The van der Waals surface area contributed by atoms with Gasteiger partial charge in [-0.2, -0.15) is 5.10 Å². The number of aromatic amines is 1. The van der Waals surface area contributed by atoms with E-state index in [1.807, 2.05) is 24.4 Å². The smallest absolute Gasteiger partial charge is 0.153 e. The van der Waals surface area contributed by atoms with Gasteiger partial charge in [0.25, 0.3) is 0 Å². The topological polar surface area (TPSA) is 53.9 Å². The van der Waals surface area contributed by atoms with E-state index >= 15 is 0 Å². The van der Waals surface area contributed by atoms with Gasteiger partial charge in [-0.3, -0.25) is 5.10 Å². The summed E-state index contributed by atoms with van der Waals surface area (Å²) in [6.07, 6.45) is 5.49. The van der Waals surface area contributed by atoms with Crippen LogP contribution in [0.2, 0.25) is 0 Å². The summed E-state index contributed by atoms with van der Waals surface area (Å²) in [6.45, 7) is 0.766. The summed E-state index contributed by atoms with van der Waals surface area (Å²) in [4.78, 5) is 0. The molecule has 1 unspecified atom stereocenters. The van der Waals surface area contributed by atoms with Crippen LogP contribution < -0.4 is 5.32 Å². The molecule has 2 N–H and O–H groups in total. The van der Waals surface area contributed by atoms with Crippen LogP contribution in [0.25, 0.3) is 22.4 Å². The van der Waals surface area contributed by atoms with Crippen LogP contribution in [0.1, 0.15) is 35.6 Å². The third kappa shape index (κ3) is 2.72. The Labute approximate surface area is 152 Å². The zero-order valence-corrected chi connectivity index (χ0v) is 14.5. The minimum Gasteiger partial charge on any atom is -0.454 e. The first kappa shape index (κ1) is 15.4. The number of aryl methyl sites for hydroxylation is 1. The number of fused-ring (bicyclic) bond motifs is 2. The zero-order valence-electron chi connectivity index (χ0n) is 14.5. The average Bonchev–Trinajstić information content (AvgIpc) is 3.32. The van der Waals surface area contributed by atoms with E-state index in [1.165, 1.54) is 30.4 Å². The van der Waals surface area contributed by atoms with E-state index in [9.17, 15) is 0 Å². The maximum Gasteiger partial charge on any atom is 0.153 e. The number of nitrogens with one attached hydrogen (secondary N) is 2. The van der Waals surface area contributed by atoms with Crippen molar-refractivity contribution in [1.82, 2.24) is 15.5 Å². The normalized spacial score (nSPS) is 16.7. The third-order valence-electron chi connectivity index (χ3n) is 5.30. The van der Waals surface area contributed by atoms with Gasteiger partial charge >= 0.3 is 0 Å². The highest BCUT2D eigenvalue weighted by atomic mass is 16.3. The number of aromatic nitrogens is 2. The highest BCUT2D eigenvalue weighted by Crippen LogP contribution is 2.31. The summed E-state index contributed by atoms with van der Waals surface area (Å²) in [5.74, 6) is 0.838. The molecule has 5 rings (SSSR count). The molecule has 0 spiro atoms. The molecular weight excluding hydrogens is 322 g/mol. The van der Waals surface area contributed by atoms with E-state index in [2.05, 4.69) is 51.9 Å². The minimum absolute atomic E-state index is 0.401. The summed E-state index contributed by atoms with van der Waals surface area (Å²) in [6, 6.07) is 19.3. The molecule has 0 aliphatic heterocycles. The van der Waals surface area contributed by atoms with Crippen LogP contribution in [0.5, 0.6) is 0 Å². The summed E-state index contributed by atoms with van der Waals surface area (Å²) in [5.41, 5.74) is 5.90. The van der Waals surface area contributed by atoms with Crippen molar-refractivity contribution in [1.29, 1.82) is 0 Å². The predicted octanol–water partition coefficient (Wildman–Crippen LogP) is 4.99. The molecule has 0 saturated heterocycles. The Morgan fingerprint density at radius 1 is 1.12 bits per heavy atom. The summed E-state index contributed by atoms with van der Waals surface area (Å²) < 4.78 is 6.00. The minimum atomic E-state index is 0.401. The lowest BCUT2D eigenvalue weighted by molar-refractivity contribution is 0.459. The van der Waals surface area contributed by atoms with Crippen LogP contribution in [0.3, 0.4) is 0 Å². The summed E-state index contributed by atoms with van der Waals surface area (Å²) in [7, 11) is 0. The fourth-order valence-electron chi connectivity index (χ4n) is 3.96. The van der Waals surface area contributed by atoms with Crippen molar-refractivity contribution < 1.29 is 4.42 Å². The Balaban J connectivity index is 1.39. The molecule has 2 heterocycles. The second-order valence-electron chi connectivity index (χ2n) is 6.94. The van der Waals surface area contributed by atoms with E-state index in [4.69, 9.17) is 4.42 Å². The van der Waals surface area contributed by atoms with Gasteiger partial charge in [0, 0.05) is 23.5 Å². The zero-order chi connectivity index (χ0) is 17.3. The highest BCUT2D eigenvalue weighted by Gasteiger charge is 2.20. The third-order valence-corrected chi connectivity index (χ3v) is 5.30. The number of hydrogen-bond acceptors (Lipinski definition) is 3. The maximum atomic E-state index is 6.00. The van der Waals surface area contributed by atoms with Gasteiger partial charge in [0.1, 0.15) is 11.3 Å². The summed E-state index contributed by atoms with van der Waals surface area (Å²) in [5, 5.41) is 12.2. The molecule has 2 aromatic heterocycles. The molecule has 0 amide bonds. The van der Waals surface area contributed by atoms with Crippen LogP contribution in [0.15, 0.2) is 65.2 Å². The van der Waals surface area contributed by atoms with Gasteiger partial charge in [-0.1, -0.05) is 42.5 Å². The first-order valence-corrected chi connectivity index (χ1v) is 9.21. The standard InChI is InChI=1S/C22H21N3O/c1-3-9-18-15(6-1)8-5-10-19(18)23-13-17-14-24-25-22(17)21-12-16-7-2-4-11-20(16)26-21/h1-4,6-7,9,11-12,14,19,23H,5,8,10,13H2,(H,24,25). The molecule has 26 heavy (non-hydrogen) atoms. The second-order valence-corrected chi connectivity index (χ2v) is 6.94. The molecule has 0 radical (unpaired) electrons. The molecule has 0 saturated carbocycles. The van der Waals surface area contributed by atoms with Gasteiger partial charge in [-0.05, 0) is 42.5 Å². The number of H-pyrrole nitrogens is 1. The first-order chi connectivity index (χ1) is 12.9. The number of hydrogen-bond donors (Lipinski definition) is 2. The first-order valence-electron chi connectivity index (χ1n) is 9.21. The van der Waals surface area contributed by atoms with Crippen LogP contribution in [-0.2, 0) is 13.0 Å². The van der Waals surface area contributed by atoms with E-state index in [0.717, 1.165) is 34.5 Å². The van der Waals surface area contributed by atoms with Crippen LogP contribution >= 0.6 is 0 Å². The van der Waals surface area contributed by atoms with Gasteiger partial charge in [-0.15, -0.1) is 0 Å². The number of benzene rings is 2. The molecular formula is C22H21N3O. The molecule has 4 aromatic rings. The van der Waals surface area contributed by atoms with Gasteiger partial charge in [0.15, 0.2) is 5.76 Å². The second kappa shape index (κ2) is 6.46. The maximum absolute atomic E-state index is 6.00. The van der Waals surface area contributed by atoms with Crippen molar-refractivity contribution in [2.45, 2.75) is 31.8 Å². The molecule has 1 aliphatic carbocycles. The fraction of sp³-hybridized carbons (Fsp3) is 0.227. The SMILES string of the molecule is c1ccc2c(c1)CCCC2NCc1cn[nH]c1-c1cc2ccccc2o1. The van der Waals surface area contributed by atoms with Crippen LogP contribution in [0.4, 0.5) is 0 Å². The van der Waals surface area contributed by atoms with Crippen molar-refractivity contribution in [2.24, 2.45) is 0 Å². The summed E-state index contributed by atoms with van der Waals surface area (Å²) >= 11 is 0. The molecule has 2 aromatic carbocycles. The number of nitrogens with zero attached hydrogens (tertiary/aromatic N) is 1. The molecule has 4 heteroatoms. The quantitative estimate of drug-likeness (QED) is 0.549. The van der Waals surface area contributed by atoms with Crippen LogP contribution in [0, 0.1) is 0 Å². The van der Waals surface area contributed by atoms with Crippen LogP contribution in [-0.4, -0.2) is 10.2 Å². The Hall–Kier alpha value is -2.85. The fourth-order valence-corrected chi connectivity index (χ4v) is 3.96. The van der Waals surface area contributed by atoms with E-state index < -0.39 is 0 Å². The molecule has 0 fully saturated rings. The lowest BCUT2D eigenvalue weighted by Gasteiger charge is -2.26. The van der Waals surface area contributed by atoms with Crippen molar-refractivity contribution in [2.75, 3.05) is 0 Å². The predicted molar refractivity (Wildman–Crippen MR) is 103 cm³/mol. The molecule has 130 valence electrons. The largest absolute Gasteiger partial charge is 0.454 e. The van der Waals surface area contributed by atoms with Crippen molar-refractivity contribution >= 4 is 11.0 Å². The van der Waals surface area contributed by atoms with Gasteiger partial charge in [-0.25, -0.2) is 0 Å². The van der Waals surface area contributed by atoms with Crippen molar-refractivity contribution in [3.05, 3.63) is 77.5 Å². The van der Waals surface area contributed by atoms with E-state index in [-0.39, 0.29) is 0 Å². The molecule has 1 atom stereocenters. The number of rotatable bonds is 4. The molecule has 0 bridgehead atoms. The van der Waals surface area contributed by atoms with E-state index in [1.54, 1.807) is 0 Å². The average molecular weight is 343 g/mol. The van der Waals surface area contributed by atoms with Gasteiger partial charge in [0.05, 0.1) is 6.20 Å². The Bertz CT molecular complexity index is 1010. The number of furan rings is 1. The molecule has 4 nitrogen and oxygen atoms in total. The van der Waals surface area contributed by atoms with E-state index in [0.29, 0.717) is 6.04 Å². The Morgan fingerprint density at radius 3 is 2.96 bits per heavy atom.